The Kier molecular flexibility index (Phi) is 6.61. The fourth-order valence-corrected chi connectivity index (χ4v) is 1.94. The average molecular weight is 295 g/mol. The van der Waals surface area contributed by atoms with Crippen LogP contribution in [0.1, 0.15) is 38.3 Å². The van der Waals surface area contributed by atoms with Crippen molar-refractivity contribution in [1.82, 2.24) is 10.6 Å². The number of benzene rings is 1. The fourth-order valence-electron chi connectivity index (χ4n) is 1.94. The number of carbonyl (C=O) groups is 1. The molecule has 2 amide bonds. The summed E-state index contributed by atoms with van der Waals surface area (Å²) in [6, 6.07) is 5.19. The molecule has 0 saturated heterocycles. The van der Waals surface area contributed by atoms with Crippen LogP contribution >= 0.6 is 0 Å². The molecule has 1 rings (SSSR count). The Labute approximate surface area is 123 Å². The molecule has 0 heterocycles. The van der Waals surface area contributed by atoms with Crippen LogP contribution in [0.2, 0.25) is 0 Å². The number of non-ortho nitro benzene ring substituents is 1. The third kappa shape index (κ3) is 5.03. The number of carbonyl (C=O) groups excluding carboxylic acids is 1. The number of nitro groups is 1. The second-order valence-corrected chi connectivity index (χ2v) is 4.72. The first-order valence-corrected chi connectivity index (χ1v) is 6.94. The number of nitrogens with one attached hydrogen (secondary N) is 2. The normalized spacial score (nSPS) is 13.3. The van der Waals surface area contributed by atoms with Gasteiger partial charge in [0.05, 0.1) is 23.6 Å². The summed E-state index contributed by atoms with van der Waals surface area (Å²) in [5.74, 6) is 0. The van der Waals surface area contributed by atoms with Crippen molar-refractivity contribution in [3.8, 4) is 0 Å². The molecular weight excluding hydrogens is 274 g/mol. The zero-order chi connectivity index (χ0) is 15.8. The maximum Gasteiger partial charge on any atom is 0.315 e. The summed E-state index contributed by atoms with van der Waals surface area (Å²) in [4.78, 5) is 22.2. The molecule has 0 fully saturated rings. The summed E-state index contributed by atoms with van der Waals surface area (Å²) in [6.45, 7) is 3.61. The topological polar surface area (TPSA) is 104 Å². The number of nitro benzene ring substituents is 1. The highest BCUT2D eigenvalue weighted by atomic mass is 16.6. The largest absolute Gasteiger partial charge is 0.394 e. The number of hydrogen-bond acceptors (Lipinski definition) is 4. The lowest BCUT2D eigenvalue weighted by molar-refractivity contribution is -0.384. The molecule has 2 atom stereocenters. The summed E-state index contributed by atoms with van der Waals surface area (Å²) >= 11 is 0. The molecule has 1 aromatic rings. The summed E-state index contributed by atoms with van der Waals surface area (Å²) < 4.78 is 0. The molecule has 0 radical (unpaired) electrons. The minimum absolute atomic E-state index is 0.00467. The molecule has 0 aliphatic heterocycles. The van der Waals surface area contributed by atoms with Gasteiger partial charge in [0.2, 0.25) is 0 Å². The van der Waals surface area contributed by atoms with E-state index >= 15 is 0 Å². The van der Waals surface area contributed by atoms with Crippen LogP contribution in [0, 0.1) is 10.1 Å². The van der Waals surface area contributed by atoms with E-state index in [1.807, 2.05) is 13.8 Å². The van der Waals surface area contributed by atoms with Crippen molar-refractivity contribution in [3.63, 3.8) is 0 Å². The van der Waals surface area contributed by atoms with E-state index < -0.39 is 11.0 Å². The summed E-state index contributed by atoms with van der Waals surface area (Å²) in [7, 11) is 0. The van der Waals surface area contributed by atoms with Crippen molar-refractivity contribution < 1.29 is 14.8 Å². The fraction of sp³-hybridized carbons (Fsp3) is 0.500. The van der Waals surface area contributed by atoms with Gasteiger partial charge in [0.25, 0.3) is 5.69 Å². The van der Waals surface area contributed by atoms with Crippen LogP contribution in [0.4, 0.5) is 10.5 Å². The molecule has 0 spiro atoms. The van der Waals surface area contributed by atoms with Gasteiger partial charge in [0, 0.05) is 12.1 Å². The number of urea groups is 1. The van der Waals surface area contributed by atoms with Crippen LogP contribution in [0.5, 0.6) is 0 Å². The van der Waals surface area contributed by atoms with Crippen molar-refractivity contribution in [2.45, 2.75) is 38.8 Å². The number of rotatable bonds is 7. The van der Waals surface area contributed by atoms with E-state index in [2.05, 4.69) is 10.6 Å². The quantitative estimate of drug-likeness (QED) is 0.529. The van der Waals surface area contributed by atoms with E-state index in [1.54, 1.807) is 12.1 Å². The van der Waals surface area contributed by atoms with Gasteiger partial charge in [-0.3, -0.25) is 10.1 Å². The lowest BCUT2D eigenvalue weighted by Crippen LogP contribution is -2.44. The first-order valence-electron chi connectivity index (χ1n) is 6.94. The zero-order valence-electron chi connectivity index (χ0n) is 12.2. The number of nitrogens with zero attached hydrogens (tertiary/aromatic N) is 1. The Hall–Kier alpha value is -2.15. The molecular formula is C14H21N3O4. The Morgan fingerprint density at radius 2 is 2.05 bits per heavy atom. The van der Waals surface area contributed by atoms with Crippen LogP contribution in [0.15, 0.2) is 24.3 Å². The SMILES string of the molecule is CCC(CO)NC(=O)NC(CC)c1cccc([N+](=O)[O-])c1. The first-order chi connectivity index (χ1) is 10.0. The molecule has 7 nitrogen and oxygen atoms in total. The third-order valence-corrected chi connectivity index (χ3v) is 3.25. The van der Waals surface area contributed by atoms with Crippen molar-refractivity contribution in [2.24, 2.45) is 0 Å². The zero-order valence-corrected chi connectivity index (χ0v) is 12.2. The molecule has 0 aliphatic rings. The van der Waals surface area contributed by atoms with Gasteiger partial charge in [0.1, 0.15) is 0 Å². The second kappa shape index (κ2) is 8.21. The molecule has 0 aromatic heterocycles. The van der Waals surface area contributed by atoms with E-state index in [1.165, 1.54) is 12.1 Å². The molecule has 7 heteroatoms. The Morgan fingerprint density at radius 3 is 2.57 bits per heavy atom. The molecule has 21 heavy (non-hydrogen) atoms. The smallest absolute Gasteiger partial charge is 0.315 e. The van der Waals surface area contributed by atoms with Gasteiger partial charge in [-0.2, -0.15) is 0 Å². The molecule has 116 valence electrons. The van der Waals surface area contributed by atoms with Crippen LogP contribution < -0.4 is 10.6 Å². The summed E-state index contributed by atoms with van der Waals surface area (Å²) in [5.41, 5.74) is 0.675. The molecule has 0 bridgehead atoms. The molecule has 1 aromatic carbocycles. The monoisotopic (exact) mass is 295 g/mol. The number of hydrogen-bond donors (Lipinski definition) is 3. The van der Waals surface area contributed by atoms with Crippen LogP contribution in [0.25, 0.3) is 0 Å². The van der Waals surface area contributed by atoms with E-state index in [0.717, 1.165) is 0 Å². The van der Waals surface area contributed by atoms with Crippen molar-refractivity contribution in [1.29, 1.82) is 0 Å². The minimum Gasteiger partial charge on any atom is -0.394 e. The Bertz CT molecular complexity index is 489. The lowest BCUT2D eigenvalue weighted by atomic mass is 10.0. The molecule has 3 N–H and O–H groups in total. The summed E-state index contributed by atoms with van der Waals surface area (Å²) in [6.07, 6.45) is 1.22. The lowest BCUT2D eigenvalue weighted by Gasteiger charge is -2.20. The van der Waals surface area contributed by atoms with Gasteiger partial charge in [-0.1, -0.05) is 26.0 Å². The standard InChI is InChI=1S/C14H21N3O4/c1-3-11(9-18)15-14(19)16-13(4-2)10-6-5-7-12(8-10)17(20)21/h5-8,11,13,18H,3-4,9H2,1-2H3,(H2,15,16,19). The summed E-state index contributed by atoms with van der Waals surface area (Å²) in [5, 5.41) is 25.3. The van der Waals surface area contributed by atoms with Gasteiger partial charge in [0.15, 0.2) is 0 Å². The van der Waals surface area contributed by atoms with E-state index in [4.69, 9.17) is 5.11 Å². The van der Waals surface area contributed by atoms with Crippen molar-refractivity contribution in [2.75, 3.05) is 6.61 Å². The van der Waals surface area contributed by atoms with Crippen LogP contribution in [0.3, 0.4) is 0 Å². The van der Waals surface area contributed by atoms with E-state index in [0.29, 0.717) is 18.4 Å². The van der Waals surface area contributed by atoms with Gasteiger partial charge >= 0.3 is 6.03 Å². The van der Waals surface area contributed by atoms with Crippen molar-refractivity contribution >= 4 is 11.7 Å². The maximum atomic E-state index is 11.9. The molecule has 2 unspecified atom stereocenters. The maximum absolute atomic E-state index is 11.9. The Balaban J connectivity index is 2.76. The minimum atomic E-state index is -0.463. The number of amides is 2. The highest BCUT2D eigenvalue weighted by molar-refractivity contribution is 5.74. The van der Waals surface area contributed by atoms with Gasteiger partial charge in [-0.15, -0.1) is 0 Å². The first kappa shape index (κ1) is 16.9. The molecule has 0 saturated carbocycles. The van der Waals surface area contributed by atoms with E-state index in [-0.39, 0.29) is 24.4 Å². The number of aliphatic hydroxyl groups excluding tert-OH is 1. The average Bonchev–Trinajstić information content (AvgIpc) is 2.50. The predicted octanol–water partition coefficient (Wildman–Crippen LogP) is 2.12. The second-order valence-electron chi connectivity index (χ2n) is 4.72. The number of aliphatic hydroxyl groups is 1. The van der Waals surface area contributed by atoms with Crippen LogP contribution in [-0.4, -0.2) is 28.7 Å². The van der Waals surface area contributed by atoms with Crippen molar-refractivity contribution in [3.05, 3.63) is 39.9 Å². The Morgan fingerprint density at radius 1 is 1.33 bits per heavy atom. The predicted molar refractivity (Wildman–Crippen MR) is 79.0 cm³/mol. The third-order valence-electron chi connectivity index (χ3n) is 3.25. The van der Waals surface area contributed by atoms with Crippen LogP contribution in [-0.2, 0) is 0 Å². The van der Waals surface area contributed by atoms with Gasteiger partial charge < -0.3 is 15.7 Å². The van der Waals surface area contributed by atoms with Gasteiger partial charge in [-0.25, -0.2) is 4.79 Å². The highest BCUT2D eigenvalue weighted by Gasteiger charge is 2.17. The molecule has 0 aliphatic carbocycles. The highest BCUT2D eigenvalue weighted by Crippen LogP contribution is 2.21. The van der Waals surface area contributed by atoms with E-state index in [9.17, 15) is 14.9 Å². The van der Waals surface area contributed by atoms with Gasteiger partial charge in [-0.05, 0) is 18.4 Å².